The van der Waals surface area contributed by atoms with Gasteiger partial charge in [-0.1, -0.05) is 36.4 Å². The van der Waals surface area contributed by atoms with E-state index in [1.165, 1.54) is 16.2 Å². The van der Waals surface area contributed by atoms with E-state index in [0.717, 1.165) is 16.5 Å². The second kappa shape index (κ2) is 14.2. The molecule has 234 valence electrons. The lowest BCUT2D eigenvalue weighted by molar-refractivity contribution is -0.137. The van der Waals surface area contributed by atoms with Crippen molar-refractivity contribution in [1.82, 2.24) is 14.9 Å². The highest BCUT2D eigenvalue weighted by molar-refractivity contribution is 7.20. The number of carbonyl (C=O) groups is 3. The normalized spacial score (nSPS) is 13.1. The van der Waals surface area contributed by atoms with Crippen LogP contribution in [0.3, 0.4) is 0 Å². The minimum atomic E-state index is -1.08. The van der Waals surface area contributed by atoms with E-state index < -0.39 is 18.1 Å². The third kappa shape index (κ3) is 7.23. The van der Waals surface area contributed by atoms with Crippen LogP contribution in [0.15, 0.2) is 73.1 Å². The fourth-order valence-corrected chi connectivity index (χ4v) is 6.08. The lowest BCUT2D eigenvalue weighted by Crippen LogP contribution is -2.36. The van der Waals surface area contributed by atoms with Gasteiger partial charge in [0, 0.05) is 43.5 Å². The molecule has 2 aromatic heterocycles. The molecule has 0 radical (unpaired) electrons. The number of hydrogen-bond donors (Lipinski definition) is 2. The van der Waals surface area contributed by atoms with Crippen LogP contribution in [0.5, 0.6) is 5.75 Å². The molecule has 11 nitrogen and oxygen atoms in total. The molecular weight excluding hydrogens is 592 g/mol. The first kappa shape index (κ1) is 31.5. The van der Waals surface area contributed by atoms with Gasteiger partial charge in [-0.2, -0.15) is 4.98 Å². The van der Waals surface area contributed by atoms with Gasteiger partial charge in [0.1, 0.15) is 17.5 Å². The predicted molar refractivity (Wildman–Crippen MR) is 176 cm³/mol. The number of thiophene rings is 1. The molecule has 0 aliphatic carbocycles. The van der Waals surface area contributed by atoms with E-state index in [2.05, 4.69) is 10.3 Å². The van der Waals surface area contributed by atoms with Gasteiger partial charge in [0.15, 0.2) is 5.82 Å². The molecule has 2 amide bonds. The lowest BCUT2D eigenvalue weighted by atomic mass is 10.1. The SMILES string of the molecule is CCN(CC)c1ncc(N(CC)C(=O)c2cc3ccccc3s2)c(N[C@@H](Cc2ccc(OC(=O)N3C=CCC3)cc2)C(=O)O)n1. The molecule has 1 aliphatic heterocycles. The van der Waals surface area contributed by atoms with Crippen molar-refractivity contribution in [3.63, 3.8) is 0 Å². The van der Waals surface area contributed by atoms with Gasteiger partial charge >= 0.3 is 12.1 Å². The fourth-order valence-electron chi connectivity index (χ4n) is 5.07. The molecular formula is C33H36N6O5S. The first-order chi connectivity index (χ1) is 21.8. The van der Waals surface area contributed by atoms with Crippen LogP contribution in [0, 0.1) is 0 Å². The lowest BCUT2D eigenvalue weighted by Gasteiger charge is -2.26. The number of amides is 2. The molecule has 0 saturated carbocycles. The molecule has 3 heterocycles. The van der Waals surface area contributed by atoms with Gasteiger partial charge in [0.05, 0.1) is 11.1 Å². The Balaban J connectivity index is 1.41. The van der Waals surface area contributed by atoms with E-state index in [0.29, 0.717) is 54.0 Å². The van der Waals surface area contributed by atoms with Gasteiger partial charge in [0.2, 0.25) is 5.95 Å². The molecule has 0 fully saturated rings. The van der Waals surface area contributed by atoms with Crippen LogP contribution in [0.25, 0.3) is 10.1 Å². The van der Waals surface area contributed by atoms with Gasteiger partial charge in [-0.3, -0.25) is 9.69 Å². The third-order valence-corrected chi connectivity index (χ3v) is 8.63. The number of anilines is 3. The van der Waals surface area contributed by atoms with E-state index in [9.17, 15) is 19.5 Å². The van der Waals surface area contributed by atoms with Crippen LogP contribution < -0.4 is 19.9 Å². The molecule has 0 unspecified atom stereocenters. The van der Waals surface area contributed by atoms with Crippen molar-refractivity contribution in [3.8, 4) is 5.75 Å². The Hall–Kier alpha value is -4.97. The van der Waals surface area contributed by atoms with E-state index in [1.807, 2.05) is 62.1 Å². The van der Waals surface area contributed by atoms with Gasteiger partial charge in [-0.25, -0.2) is 14.6 Å². The van der Waals surface area contributed by atoms with Crippen molar-refractivity contribution in [3.05, 3.63) is 83.5 Å². The number of carboxylic acid groups (broad SMARTS) is 1. The monoisotopic (exact) mass is 628 g/mol. The number of benzene rings is 2. The Labute approximate surface area is 265 Å². The van der Waals surface area contributed by atoms with Crippen LogP contribution >= 0.6 is 11.3 Å². The molecule has 45 heavy (non-hydrogen) atoms. The Bertz CT molecular complexity index is 1670. The van der Waals surface area contributed by atoms with Crippen molar-refractivity contribution in [2.75, 3.05) is 41.3 Å². The molecule has 1 atom stereocenters. The number of ether oxygens (including phenoxy) is 1. The van der Waals surface area contributed by atoms with E-state index in [4.69, 9.17) is 9.72 Å². The highest BCUT2D eigenvalue weighted by atomic mass is 32.1. The van der Waals surface area contributed by atoms with Crippen molar-refractivity contribution in [1.29, 1.82) is 0 Å². The first-order valence-electron chi connectivity index (χ1n) is 15.0. The molecule has 5 rings (SSSR count). The van der Waals surface area contributed by atoms with E-state index >= 15 is 0 Å². The fraction of sp³-hybridized carbons (Fsp3) is 0.303. The van der Waals surface area contributed by atoms with Crippen LogP contribution in [0.1, 0.15) is 42.4 Å². The summed E-state index contributed by atoms with van der Waals surface area (Å²) in [6.45, 7) is 8.04. The molecule has 0 spiro atoms. The topological polar surface area (TPSA) is 128 Å². The summed E-state index contributed by atoms with van der Waals surface area (Å²) in [5.74, 6) is -0.259. The Morgan fingerprint density at radius 3 is 2.47 bits per heavy atom. The molecule has 0 bridgehead atoms. The second-order valence-corrected chi connectivity index (χ2v) is 11.5. The number of nitrogens with zero attached hydrogens (tertiary/aromatic N) is 5. The average Bonchev–Trinajstić information content (AvgIpc) is 3.74. The third-order valence-electron chi connectivity index (χ3n) is 7.53. The number of carboxylic acids is 1. The highest BCUT2D eigenvalue weighted by Gasteiger charge is 2.27. The maximum absolute atomic E-state index is 13.8. The van der Waals surface area contributed by atoms with Crippen molar-refractivity contribution < 1.29 is 24.2 Å². The number of carbonyl (C=O) groups excluding carboxylic acids is 2. The largest absolute Gasteiger partial charge is 0.480 e. The predicted octanol–water partition coefficient (Wildman–Crippen LogP) is 6.03. The van der Waals surface area contributed by atoms with Crippen molar-refractivity contribution >= 4 is 56.8 Å². The maximum Gasteiger partial charge on any atom is 0.419 e. The second-order valence-electron chi connectivity index (χ2n) is 10.4. The molecule has 12 heteroatoms. The van der Waals surface area contributed by atoms with Gasteiger partial charge in [-0.15, -0.1) is 11.3 Å². The standard InChI is InChI=1S/C33H36N6O5S/c1-4-37(5-2)32-34-21-26(39(6-3)30(40)28-20-23-11-7-8-12-27(23)45-28)29(36-32)35-25(31(41)42)19-22-13-15-24(16-14-22)44-33(43)38-17-9-10-18-38/h7-9,11-17,20-21,25H,4-6,10,18-19H2,1-3H3,(H,41,42)(H,34,35,36)/t25-/m0/s1. The number of aliphatic carboxylic acids is 1. The van der Waals surface area contributed by atoms with Crippen LogP contribution in [0.2, 0.25) is 0 Å². The summed E-state index contributed by atoms with van der Waals surface area (Å²) in [5, 5.41) is 14.3. The van der Waals surface area contributed by atoms with Crippen LogP contribution in [-0.2, 0) is 11.2 Å². The maximum atomic E-state index is 13.8. The summed E-state index contributed by atoms with van der Waals surface area (Å²) in [6, 6.07) is 15.3. The number of hydrogen-bond acceptors (Lipinski definition) is 9. The average molecular weight is 629 g/mol. The molecule has 0 saturated heterocycles. The zero-order chi connectivity index (χ0) is 31.9. The molecule has 4 aromatic rings. The van der Waals surface area contributed by atoms with E-state index in [-0.39, 0.29) is 18.1 Å². The summed E-state index contributed by atoms with van der Waals surface area (Å²) in [5.41, 5.74) is 1.10. The quantitative estimate of drug-likeness (QED) is 0.193. The summed E-state index contributed by atoms with van der Waals surface area (Å²) in [4.78, 5) is 53.5. The smallest absolute Gasteiger partial charge is 0.419 e. The van der Waals surface area contributed by atoms with Crippen molar-refractivity contribution in [2.24, 2.45) is 0 Å². The summed E-state index contributed by atoms with van der Waals surface area (Å²) in [6.07, 6.45) is 5.61. The number of fused-ring (bicyclic) bond motifs is 1. The Morgan fingerprint density at radius 2 is 1.82 bits per heavy atom. The Morgan fingerprint density at radius 1 is 1.07 bits per heavy atom. The summed E-state index contributed by atoms with van der Waals surface area (Å²) in [7, 11) is 0. The number of aromatic nitrogens is 2. The minimum Gasteiger partial charge on any atom is -0.480 e. The number of rotatable bonds is 12. The summed E-state index contributed by atoms with van der Waals surface area (Å²) >= 11 is 1.41. The Kier molecular flexibility index (Phi) is 9.93. The van der Waals surface area contributed by atoms with E-state index in [1.54, 1.807) is 41.6 Å². The summed E-state index contributed by atoms with van der Waals surface area (Å²) < 4.78 is 6.44. The van der Waals surface area contributed by atoms with Crippen LogP contribution in [-0.4, -0.2) is 70.2 Å². The molecule has 2 aromatic carbocycles. The van der Waals surface area contributed by atoms with Crippen molar-refractivity contribution in [2.45, 2.75) is 39.7 Å². The van der Waals surface area contributed by atoms with Gasteiger partial charge in [0.25, 0.3) is 5.91 Å². The first-order valence-corrected chi connectivity index (χ1v) is 15.8. The minimum absolute atomic E-state index is 0.110. The van der Waals surface area contributed by atoms with Crippen LogP contribution in [0.4, 0.5) is 22.2 Å². The molecule has 2 N–H and O–H groups in total. The molecule has 1 aliphatic rings. The van der Waals surface area contributed by atoms with Gasteiger partial charge < -0.3 is 25.0 Å². The zero-order valence-corrected chi connectivity index (χ0v) is 26.3. The van der Waals surface area contributed by atoms with Gasteiger partial charge in [-0.05, 0) is 62.4 Å². The zero-order valence-electron chi connectivity index (χ0n) is 25.5. The number of nitrogens with one attached hydrogen (secondary N) is 1. The highest BCUT2D eigenvalue weighted by Crippen LogP contribution is 2.32.